The normalized spacial score (nSPS) is 24.8. The predicted octanol–water partition coefficient (Wildman–Crippen LogP) is 5.32. The van der Waals surface area contributed by atoms with Gasteiger partial charge in [0.1, 0.15) is 0 Å². The summed E-state index contributed by atoms with van der Waals surface area (Å²) < 4.78 is 42.5. The van der Waals surface area contributed by atoms with Gasteiger partial charge in [-0.15, -0.1) is 0 Å². The van der Waals surface area contributed by atoms with Crippen LogP contribution in [0.2, 0.25) is 0 Å². The quantitative estimate of drug-likeness (QED) is 0.261. The lowest BCUT2D eigenvalue weighted by Gasteiger charge is -2.15. The van der Waals surface area contributed by atoms with E-state index < -0.39 is 25.7 Å². The van der Waals surface area contributed by atoms with Gasteiger partial charge in [-0.05, 0) is 44.5 Å². The average Bonchev–Trinajstić information content (AvgIpc) is 3.40. The van der Waals surface area contributed by atoms with Crippen LogP contribution >= 0.6 is 15.9 Å². The van der Waals surface area contributed by atoms with Gasteiger partial charge in [-0.3, -0.25) is 4.21 Å². The largest absolute Gasteiger partial charge is 0.252 e. The van der Waals surface area contributed by atoms with E-state index in [1.807, 2.05) is 50.3 Å². The molecule has 4 nitrogen and oxygen atoms in total. The summed E-state index contributed by atoms with van der Waals surface area (Å²) in [5.41, 5.74) is 2.07. The van der Waals surface area contributed by atoms with Crippen LogP contribution in [0.4, 0.5) is 0 Å². The second-order valence-corrected chi connectivity index (χ2v) is 11.8. The Hall–Kier alpha value is -1.28. The van der Waals surface area contributed by atoms with E-state index in [4.69, 9.17) is 0 Å². The summed E-state index contributed by atoms with van der Waals surface area (Å²) in [6.45, 7) is 5.98. The number of benzene rings is 2. The zero-order chi connectivity index (χ0) is 21.9. The van der Waals surface area contributed by atoms with Crippen molar-refractivity contribution < 1.29 is 12.6 Å². The minimum Gasteiger partial charge on any atom is -0.252 e. The Kier molecular flexibility index (Phi) is 7.38. The number of allylic oxidation sites excluding steroid dienone is 1. The molecule has 1 saturated heterocycles. The third-order valence-electron chi connectivity index (χ3n) is 5.42. The van der Waals surface area contributed by atoms with Gasteiger partial charge in [0.2, 0.25) is 10.0 Å². The van der Waals surface area contributed by atoms with Crippen LogP contribution in [0.15, 0.2) is 70.5 Å². The van der Waals surface area contributed by atoms with Gasteiger partial charge in [0.05, 0.1) is 21.7 Å². The molecule has 0 amide bonds. The van der Waals surface area contributed by atoms with E-state index in [2.05, 4.69) is 22.9 Å². The molecule has 4 atom stereocenters. The number of rotatable bonds is 9. The highest BCUT2D eigenvalue weighted by Gasteiger charge is 2.70. The summed E-state index contributed by atoms with van der Waals surface area (Å²) in [5, 5.41) is 0.568. The van der Waals surface area contributed by atoms with Crippen LogP contribution < -0.4 is 0 Å². The van der Waals surface area contributed by atoms with Crippen molar-refractivity contribution in [2.75, 3.05) is 5.33 Å². The fourth-order valence-electron chi connectivity index (χ4n) is 3.74. The zero-order valence-electron chi connectivity index (χ0n) is 17.5. The zero-order valence-corrected chi connectivity index (χ0v) is 20.8. The molecular formula is C23H28BrNO3S2. The van der Waals surface area contributed by atoms with Gasteiger partial charge in [0, 0.05) is 10.2 Å². The second kappa shape index (κ2) is 9.47. The number of hydrogen-bond acceptors (Lipinski definition) is 3. The third kappa shape index (κ3) is 4.35. The highest BCUT2D eigenvalue weighted by Crippen LogP contribution is 2.53. The van der Waals surface area contributed by atoms with Crippen molar-refractivity contribution in [2.45, 2.75) is 60.7 Å². The Bertz CT molecular complexity index is 1030. The van der Waals surface area contributed by atoms with Crippen molar-refractivity contribution in [1.29, 1.82) is 0 Å². The molecule has 1 aliphatic rings. The molecule has 7 heteroatoms. The second-order valence-electron chi connectivity index (χ2n) is 7.66. The van der Waals surface area contributed by atoms with E-state index in [0.29, 0.717) is 16.6 Å². The van der Waals surface area contributed by atoms with Crippen LogP contribution in [0.25, 0.3) is 0 Å². The highest BCUT2D eigenvalue weighted by molar-refractivity contribution is 9.09. The number of aryl methyl sites for hydroxylation is 2. The van der Waals surface area contributed by atoms with Crippen LogP contribution in [-0.2, 0) is 20.8 Å². The molecule has 1 fully saturated rings. The van der Waals surface area contributed by atoms with Crippen LogP contribution in [0, 0.1) is 13.8 Å². The number of sulfonamides is 1. The number of hydrogen-bond donors (Lipinski definition) is 0. The van der Waals surface area contributed by atoms with E-state index in [1.165, 1.54) is 4.31 Å². The average molecular weight is 511 g/mol. The smallest absolute Gasteiger partial charge is 0.245 e. The van der Waals surface area contributed by atoms with Crippen molar-refractivity contribution in [3.63, 3.8) is 0 Å². The fourth-order valence-corrected chi connectivity index (χ4v) is 7.99. The van der Waals surface area contributed by atoms with Gasteiger partial charge in [-0.1, -0.05) is 83.2 Å². The molecule has 2 aromatic rings. The Morgan fingerprint density at radius 1 is 1.07 bits per heavy atom. The lowest BCUT2D eigenvalue weighted by Crippen LogP contribution is -2.27. The first-order chi connectivity index (χ1) is 14.3. The van der Waals surface area contributed by atoms with Crippen molar-refractivity contribution in [1.82, 2.24) is 4.31 Å². The predicted molar refractivity (Wildman–Crippen MR) is 127 cm³/mol. The molecule has 1 aliphatic heterocycles. The third-order valence-corrected chi connectivity index (χ3v) is 9.75. The molecule has 2 aromatic carbocycles. The van der Waals surface area contributed by atoms with Gasteiger partial charge < -0.3 is 0 Å². The number of halogens is 1. The Morgan fingerprint density at radius 2 is 1.63 bits per heavy atom. The molecule has 1 unspecified atom stereocenters. The standard InChI is InChI=1S/C23H28BrNO3S2/c1-4-5-7-22-23(16-6-17-24,29(26)20-12-8-18(2)9-13-20)25(22)30(27,28)21-14-10-19(3)11-15-21/h6,8-16,22H,4-5,7,17H2,1-3H3/b16-6+/t22-,23+,25?,29-/m0/s1. The number of alkyl halides is 1. The van der Waals surface area contributed by atoms with E-state index in [9.17, 15) is 12.6 Å². The summed E-state index contributed by atoms with van der Waals surface area (Å²) in [6.07, 6.45) is 6.18. The SMILES string of the molecule is CCCC[C@@H]1N(S(=O)(=O)c2ccc(C)cc2)[C@]1(/C=C/CBr)[S@@](=O)c1ccc(C)cc1. The van der Waals surface area contributed by atoms with E-state index in [1.54, 1.807) is 24.3 Å². The molecule has 0 aromatic heterocycles. The fraction of sp³-hybridized carbons (Fsp3) is 0.391. The minimum atomic E-state index is -3.79. The summed E-state index contributed by atoms with van der Waals surface area (Å²) >= 11 is 3.39. The Morgan fingerprint density at radius 3 is 2.17 bits per heavy atom. The van der Waals surface area contributed by atoms with E-state index in [-0.39, 0.29) is 10.9 Å². The number of unbranched alkanes of at least 4 members (excludes halogenated alkanes) is 1. The molecule has 0 N–H and O–H groups in total. The molecule has 1 heterocycles. The van der Waals surface area contributed by atoms with Gasteiger partial charge in [-0.2, -0.15) is 4.31 Å². The van der Waals surface area contributed by atoms with Crippen LogP contribution in [-0.4, -0.2) is 33.2 Å². The maximum atomic E-state index is 13.8. The molecule has 0 radical (unpaired) electrons. The molecule has 30 heavy (non-hydrogen) atoms. The van der Waals surface area contributed by atoms with Crippen molar-refractivity contribution in [2.24, 2.45) is 0 Å². The Labute approximate surface area is 191 Å². The summed E-state index contributed by atoms with van der Waals surface area (Å²) in [4.78, 5) is -0.186. The van der Waals surface area contributed by atoms with E-state index >= 15 is 0 Å². The first-order valence-corrected chi connectivity index (χ1v) is 13.8. The maximum Gasteiger partial charge on any atom is 0.245 e. The van der Waals surface area contributed by atoms with Gasteiger partial charge in [-0.25, -0.2) is 8.42 Å². The Balaban J connectivity index is 2.10. The molecule has 3 rings (SSSR count). The summed E-state index contributed by atoms with van der Waals surface area (Å²) in [6, 6.07) is 14.0. The van der Waals surface area contributed by atoms with Gasteiger partial charge in [0.15, 0.2) is 4.87 Å². The molecule has 0 saturated carbocycles. The van der Waals surface area contributed by atoms with Crippen LogP contribution in [0.3, 0.4) is 0 Å². The van der Waals surface area contributed by atoms with E-state index in [0.717, 1.165) is 24.0 Å². The lowest BCUT2D eigenvalue weighted by molar-refractivity contribution is 0.537. The molecule has 0 bridgehead atoms. The molecule has 0 spiro atoms. The van der Waals surface area contributed by atoms with Crippen molar-refractivity contribution in [3.05, 3.63) is 71.8 Å². The van der Waals surface area contributed by atoms with Gasteiger partial charge in [0.25, 0.3) is 0 Å². The van der Waals surface area contributed by atoms with Crippen LogP contribution in [0.1, 0.15) is 37.3 Å². The first-order valence-electron chi connectivity index (χ1n) is 10.1. The van der Waals surface area contributed by atoms with Crippen LogP contribution in [0.5, 0.6) is 0 Å². The topological polar surface area (TPSA) is 54.2 Å². The lowest BCUT2D eigenvalue weighted by atomic mass is 10.1. The molecule has 162 valence electrons. The van der Waals surface area contributed by atoms with Gasteiger partial charge >= 0.3 is 0 Å². The summed E-state index contributed by atoms with van der Waals surface area (Å²) in [5.74, 6) is 0. The monoisotopic (exact) mass is 509 g/mol. The molecule has 0 aliphatic carbocycles. The first kappa shape index (κ1) is 23.4. The molecular weight excluding hydrogens is 482 g/mol. The van der Waals surface area contributed by atoms with Crippen molar-refractivity contribution >= 4 is 36.8 Å². The maximum absolute atomic E-state index is 13.8. The van der Waals surface area contributed by atoms with Crippen molar-refractivity contribution in [3.8, 4) is 0 Å². The summed E-state index contributed by atoms with van der Waals surface area (Å²) in [7, 11) is -5.33. The number of nitrogens with zero attached hydrogens (tertiary/aromatic N) is 1. The minimum absolute atomic E-state index is 0.240. The highest BCUT2D eigenvalue weighted by atomic mass is 79.9.